The molecule has 2 aliphatic rings. The van der Waals surface area contributed by atoms with Crippen molar-refractivity contribution in [3.05, 3.63) is 59.3 Å². The molecule has 0 radical (unpaired) electrons. The number of imidazole rings is 1. The third kappa shape index (κ3) is 4.94. The number of piperazine rings is 1. The summed E-state index contributed by atoms with van der Waals surface area (Å²) in [6, 6.07) is 5.73. The number of anilines is 2. The Morgan fingerprint density at radius 3 is 2.35 bits per heavy atom. The number of urea groups is 1. The number of hydrogen-bond acceptors (Lipinski definition) is 6. The summed E-state index contributed by atoms with van der Waals surface area (Å²) in [5.41, 5.74) is 3.28. The summed E-state index contributed by atoms with van der Waals surface area (Å²) in [6.45, 7) is 9.05. The van der Waals surface area contributed by atoms with Crippen LogP contribution in [-0.4, -0.2) is 96.6 Å². The molecule has 3 amide bonds. The Bertz CT molecular complexity index is 2080. The number of fused-ring (bicyclic) bond motifs is 4. The Labute approximate surface area is 274 Å². The molecular formula is C33H37F3N10O2. The fourth-order valence-corrected chi connectivity index (χ4v) is 6.97. The first kappa shape index (κ1) is 31.5. The summed E-state index contributed by atoms with van der Waals surface area (Å²) in [5.74, 6) is 1.20. The van der Waals surface area contributed by atoms with Gasteiger partial charge in [-0.05, 0) is 57.9 Å². The zero-order chi connectivity index (χ0) is 34.2. The maximum Gasteiger partial charge on any atom is 0.417 e. The number of aryl methyl sites for hydroxylation is 3. The van der Waals surface area contributed by atoms with Crippen LogP contribution in [0.3, 0.4) is 0 Å². The van der Waals surface area contributed by atoms with Crippen LogP contribution < -0.4 is 9.80 Å². The summed E-state index contributed by atoms with van der Waals surface area (Å²) < 4.78 is 48.4. The lowest BCUT2D eigenvalue weighted by atomic mass is 9.92. The summed E-state index contributed by atoms with van der Waals surface area (Å²) in [7, 11) is 3.54. The molecule has 4 aromatic heterocycles. The molecule has 0 saturated carbocycles. The second-order valence-electron chi connectivity index (χ2n) is 12.8. The van der Waals surface area contributed by atoms with Crippen LogP contribution in [0, 0.1) is 13.8 Å². The number of carbonyl (C=O) groups excluding carboxylic acids is 2. The highest BCUT2D eigenvalue weighted by Crippen LogP contribution is 2.49. The smallest absolute Gasteiger partial charge is 0.372 e. The summed E-state index contributed by atoms with van der Waals surface area (Å²) in [6.07, 6.45) is -0.768. The van der Waals surface area contributed by atoms with Gasteiger partial charge < -0.3 is 23.7 Å². The van der Waals surface area contributed by atoms with Crippen molar-refractivity contribution in [1.82, 2.24) is 38.7 Å². The average molecular weight is 663 g/mol. The van der Waals surface area contributed by atoms with E-state index < -0.39 is 11.7 Å². The van der Waals surface area contributed by atoms with Crippen LogP contribution >= 0.6 is 0 Å². The van der Waals surface area contributed by atoms with Gasteiger partial charge in [-0.15, -0.1) is 5.10 Å². The lowest BCUT2D eigenvalue weighted by Gasteiger charge is -2.38. The molecule has 2 aliphatic heterocycles. The minimum absolute atomic E-state index is 0.0804. The van der Waals surface area contributed by atoms with Gasteiger partial charge in [0.05, 0.1) is 34.2 Å². The number of pyridine rings is 1. The predicted molar refractivity (Wildman–Crippen MR) is 176 cm³/mol. The minimum Gasteiger partial charge on any atom is -0.372 e. The van der Waals surface area contributed by atoms with Crippen LogP contribution in [0.4, 0.5) is 34.3 Å². The number of rotatable bonds is 2. The fourth-order valence-electron chi connectivity index (χ4n) is 6.97. The highest BCUT2D eigenvalue weighted by Gasteiger charge is 2.39. The van der Waals surface area contributed by atoms with Crippen LogP contribution in [0.15, 0.2) is 36.7 Å². The average Bonchev–Trinajstić information content (AvgIpc) is 3.72. The van der Waals surface area contributed by atoms with Crippen LogP contribution in [0.5, 0.6) is 0 Å². The van der Waals surface area contributed by atoms with E-state index in [1.807, 2.05) is 36.3 Å². The Kier molecular flexibility index (Phi) is 7.40. The second-order valence-corrected chi connectivity index (χ2v) is 12.8. The quantitative estimate of drug-likeness (QED) is 0.253. The van der Waals surface area contributed by atoms with Gasteiger partial charge in [-0.25, -0.2) is 14.6 Å². The Hall–Kier alpha value is -5.08. The van der Waals surface area contributed by atoms with Crippen molar-refractivity contribution < 1.29 is 22.8 Å². The zero-order valence-corrected chi connectivity index (χ0v) is 27.7. The number of benzene rings is 1. The van der Waals surface area contributed by atoms with E-state index in [1.165, 1.54) is 12.3 Å². The molecule has 12 nitrogen and oxygen atoms in total. The van der Waals surface area contributed by atoms with Crippen molar-refractivity contribution in [3.8, 4) is 11.1 Å². The van der Waals surface area contributed by atoms with Gasteiger partial charge in [-0.2, -0.15) is 18.3 Å². The van der Waals surface area contributed by atoms with Gasteiger partial charge in [0.25, 0.3) is 0 Å². The van der Waals surface area contributed by atoms with Gasteiger partial charge in [0.1, 0.15) is 17.2 Å². The number of likely N-dealkylation sites (N-methyl/N-ethyl adjacent to an activating group) is 1. The zero-order valence-electron chi connectivity index (χ0n) is 27.7. The Morgan fingerprint density at radius 2 is 1.71 bits per heavy atom. The number of nitrogens with zero attached hydrogens (tertiary/aromatic N) is 10. The van der Waals surface area contributed by atoms with E-state index in [4.69, 9.17) is 4.98 Å². The van der Waals surface area contributed by atoms with Crippen molar-refractivity contribution in [2.45, 2.75) is 46.3 Å². The van der Waals surface area contributed by atoms with Crippen LogP contribution in [0.25, 0.3) is 27.7 Å². The van der Waals surface area contributed by atoms with E-state index in [2.05, 4.69) is 10.2 Å². The fraction of sp³-hybridized carbons (Fsp3) is 0.424. The molecule has 0 bridgehead atoms. The number of amides is 3. The first-order chi connectivity index (χ1) is 22.8. The molecule has 0 N–H and O–H groups in total. The molecule has 1 fully saturated rings. The Balaban J connectivity index is 1.31. The molecule has 252 valence electrons. The van der Waals surface area contributed by atoms with Crippen molar-refractivity contribution in [3.63, 3.8) is 0 Å². The van der Waals surface area contributed by atoms with Gasteiger partial charge in [0, 0.05) is 70.2 Å². The van der Waals surface area contributed by atoms with E-state index in [-0.39, 0.29) is 23.7 Å². The molecule has 0 aliphatic carbocycles. The number of hydrogen-bond donors (Lipinski definition) is 0. The molecule has 0 spiro atoms. The molecule has 48 heavy (non-hydrogen) atoms. The van der Waals surface area contributed by atoms with E-state index >= 15 is 0 Å². The van der Waals surface area contributed by atoms with Gasteiger partial charge in [-0.1, -0.05) is 10.9 Å². The molecule has 1 aromatic carbocycles. The van der Waals surface area contributed by atoms with Crippen molar-refractivity contribution in [2.24, 2.45) is 7.05 Å². The monoisotopic (exact) mass is 662 g/mol. The first-order valence-electron chi connectivity index (χ1n) is 15.9. The maximum absolute atomic E-state index is 14.9. The molecule has 0 unspecified atom stereocenters. The highest BCUT2D eigenvalue weighted by molar-refractivity contribution is 6.05. The molecule has 5 aromatic rings. The van der Waals surface area contributed by atoms with Crippen molar-refractivity contribution in [2.75, 3.05) is 49.6 Å². The van der Waals surface area contributed by atoms with Crippen molar-refractivity contribution in [1.29, 1.82) is 0 Å². The second kappa shape index (κ2) is 11.3. The number of halogens is 3. The molecule has 15 heteroatoms. The van der Waals surface area contributed by atoms with E-state index in [1.54, 1.807) is 58.5 Å². The third-order valence-electron chi connectivity index (χ3n) is 9.46. The summed E-state index contributed by atoms with van der Waals surface area (Å²) >= 11 is 0. The van der Waals surface area contributed by atoms with Gasteiger partial charge in [0.2, 0.25) is 0 Å². The number of aromatic nitrogens is 6. The standard InChI is InChI=1S/C33H37F3N10O2/c1-19(2)45(31(47)42-12-14-43(15-13-42)32(48)46-37-18-20(3)39-46)26-16-22-9-11-40(5)30-27(23-8-7-10-44(26)29(22)23)24(33(34,35)36)17-25-28(30)38-21(4)41(25)6/h7-8,10,16-19H,9,11-15H2,1-6H3. The molecule has 6 heterocycles. The lowest BCUT2D eigenvalue weighted by Crippen LogP contribution is -2.56. The molecule has 1 saturated heterocycles. The van der Waals surface area contributed by atoms with E-state index in [9.17, 15) is 22.8 Å². The van der Waals surface area contributed by atoms with Gasteiger partial charge in [0.15, 0.2) is 0 Å². The molecular weight excluding hydrogens is 625 g/mol. The third-order valence-corrected chi connectivity index (χ3v) is 9.46. The topological polar surface area (TPSA) is 100 Å². The molecule has 0 atom stereocenters. The van der Waals surface area contributed by atoms with Crippen molar-refractivity contribution >= 4 is 40.1 Å². The van der Waals surface area contributed by atoms with Gasteiger partial charge >= 0.3 is 18.2 Å². The number of alkyl halides is 3. The maximum atomic E-state index is 14.9. The first-order valence-corrected chi connectivity index (χ1v) is 15.9. The normalized spacial score (nSPS) is 15.3. The van der Waals surface area contributed by atoms with E-state index in [0.717, 1.165) is 10.4 Å². The largest absolute Gasteiger partial charge is 0.417 e. The van der Waals surface area contributed by atoms with Crippen LogP contribution in [0.2, 0.25) is 0 Å². The SMILES string of the molecule is Cc1cnn(C(=O)N2CCN(C(=O)N(c3cc4c5c(cccn35)-c3c(C(F)(F)F)cc5c(nc(C)n5C)c3N(C)CC4)C(C)C)CC2)n1. The summed E-state index contributed by atoms with van der Waals surface area (Å²) in [5, 5.41) is 8.12. The van der Waals surface area contributed by atoms with Crippen LogP contribution in [-0.2, 0) is 19.6 Å². The number of carbonyl (C=O) groups is 2. The minimum atomic E-state index is -4.63. The predicted octanol–water partition coefficient (Wildman–Crippen LogP) is 5.33. The van der Waals surface area contributed by atoms with E-state index in [0.29, 0.717) is 84.3 Å². The van der Waals surface area contributed by atoms with Crippen LogP contribution in [0.1, 0.15) is 36.5 Å². The highest BCUT2D eigenvalue weighted by atomic mass is 19.4. The van der Waals surface area contributed by atoms with Gasteiger partial charge in [-0.3, -0.25) is 4.90 Å². The summed E-state index contributed by atoms with van der Waals surface area (Å²) in [4.78, 5) is 39.8. The lowest BCUT2D eigenvalue weighted by molar-refractivity contribution is -0.137. The molecule has 7 rings (SSSR count). The Morgan fingerprint density at radius 1 is 1.00 bits per heavy atom.